The second-order valence-corrected chi connectivity index (χ2v) is 17.1. The second kappa shape index (κ2) is 47.6. The Morgan fingerprint density at radius 3 is 1.02 bits per heavy atom. The summed E-state index contributed by atoms with van der Waals surface area (Å²) < 4.78 is 16.8. The van der Waals surface area contributed by atoms with Crippen LogP contribution in [0, 0.1) is 0 Å². The molecule has 0 aromatic rings. The highest BCUT2D eigenvalue weighted by atomic mass is 16.6. The van der Waals surface area contributed by atoms with E-state index in [4.69, 9.17) is 14.2 Å². The van der Waals surface area contributed by atoms with Gasteiger partial charge in [-0.25, -0.2) is 0 Å². The van der Waals surface area contributed by atoms with Gasteiger partial charge in [-0.15, -0.1) is 0 Å². The molecule has 0 aliphatic heterocycles. The lowest BCUT2D eigenvalue weighted by Crippen LogP contribution is -2.30. The highest BCUT2D eigenvalue weighted by Gasteiger charge is 2.19. The summed E-state index contributed by atoms with van der Waals surface area (Å²) in [6.45, 7) is 6.58. The third kappa shape index (κ3) is 45.0. The summed E-state index contributed by atoms with van der Waals surface area (Å²) in [6.07, 6.45) is 53.0. The van der Waals surface area contributed by atoms with Gasteiger partial charge in [0.15, 0.2) is 6.10 Å². The molecule has 0 radical (unpaired) electrons. The van der Waals surface area contributed by atoms with E-state index < -0.39 is 6.10 Å². The van der Waals surface area contributed by atoms with Crippen LogP contribution in [0.4, 0.5) is 0 Å². The first-order chi connectivity index (χ1) is 28.5. The first kappa shape index (κ1) is 55.9. The largest absolute Gasteiger partial charge is 0.462 e. The quantitative estimate of drug-likeness (QED) is 0.0263. The first-order valence-corrected chi connectivity index (χ1v) is 25.3. The zero-order chi connectivity index (χ0) is 42.3. The Morgan fingerprint density at radius 2 is 0.655 bits per heavy atom. The molecular formula is C52H96O6. The highest BCUT2D eigenvalue weighted by molar-refractivity contribution is 5.71. The molecule has 0 saturated heterocycles. The van der Waals surface area contributed by atoms with Crippen LogP contribution in [0.5, 0.6) is 0 Å². The molecule has 6 nitrogen and oxygen atoms in total. The molecule has 0 aromatic heterocycles. The van der Waals surface area contributed by atoms with E-state index >= 15 is 0 Å². The number of allylic oxidation sites excluding steroid dienone is 4. The maximum Gasteiger partial charge on any atom is 0.306 e. The van der Waals surface area contributed by atoms with Crippen LogP contribution in [0.15, 0.2) is 24.3 Å². The predicted octanol–water partition coefficient (Wildman–Crippen LogP) is 16.4. The number of hydrogen-bond donors (Lipinski definition) is 0. The monoisotopic (exact) mass is 817 g/mol. The summed E-state index contributed by atoms with van der Waals surface area (Å²) in [5, 5.41) is 0. The smallest absolute Gasteiger partial charge is 0.306 e. The van der Waals surface area contributed by atoms with Crippen LogP contribution in [-0.4, -0.2) is 37.2 Å². The molecular weight excluding hydrogens is 721 g/mol. The zero-order valence-corrected chi connectivity index (χ0v) is 38.8. The predicted molar refractivity (Wildman–Crippen MR) is 247 cm³/mol. The minimum absolute atomic E-state index is 0.0724. The van der Waals surface area contributed by atoms with Crippen molar-refractivity contribution in [1.29, 1.82) is 0 Å². The number of rotatable bonds is 46. The van der Waals surface area contributed by atoms with Crippen molar-refractivity contribution in [3.05, 3.63) is 24.3 Å². The van der Waals surface area contributed by atoms with Gasteiger partial charge in [0.1, 0.15) is 13.2 Å². The summed E-state index contributed by atoms with van der Waals surface area (Å²) in [6, 6.07) is 0. The van der Waals surface area contributed by atoms with Gasteiger partial charge in [0.25, 0.3) is 0 Å². The van der Waals surface area contributed by atoms with Crippen LogP contribution < -0.4 is 0 Å². The van der Waals surface area contributed by atoms with Crippen LogP contribution in [0.3, 0.4) is 0 Å². The van der Waals surface area contributed by atoms with E-state index in [-0.39, 0.29) is 31.1 Å². The Kier molecular flexibility index (Phi) is 45.8. The van der Waals surface area contributed by atoms with Gasteiger partial charge in [-0.2, -0.15) is 0 Å². The van der Waals surface area contributed by atoms with E-state index in [1.165, 1.54) is 141 Å². The van der Waals surface area contributed by atoms with Crippen molar-refractivity contribution >= 4 is 17.9 Å². The Labute approximate surface area is 360 Å². The van der Waals surface area contributed by atoms with E-state index in [0.29, 0.717) is 19.3 Å². The summed E-state index contributed by atoms with van der Waals surface area (Å²) in [5.41, 5.74) is 0. The molecule has 0 aliphatic rings. The Morgan fingerprint density at radius 1 is 0.345 bits per heavy atom. The van der Waals surface area contributed by atoms with Crippen LogP contribution in [-0.2, 0) is 28.6 Å². The standard InChI is InChI=1S/C52H96O6/c1-4-7-10-13-16-19-22-24-25-26-28-30-33-36-39-42-45-51(54)57-48-49(47-56-50(53)44-41-38-35-32-29-21-18-15-12-9-6-3)58-52(55)46-43-40-37-34-31-27-23-20-17-14-11-8-5-2/h11,14,20,23,49H,4-10,12-13,15-19,21-22,24-48H2,1-3H3/b14-11-,23-20-. The van der Waals surface area contributed by atoms with Crippen molar-refractivity contribution in [2.45, 2.75) is 277 Å². The molecule has 0 aliphatic carbocycles. The fourth-order valence-corrected chi connectivity index (χ4v) is 7.36. The third-order valence-electron chi connectivity index (χ3n) is 11.2. The molecule has 0 N–H and O–H groups in total. The van der Waals surface area contributed by atoms with E-state index in [2.05, 4.69) is 45.1 Å². The number of carbonyl (C=O) groups is 3. The summed E-state index contributed by atoms with van der Waals surface area (Å²) >= 11 is 0. The normalized spacial score (nSPS) is 12.1. The molecule has 340 valence electrons. The van der Waals surface area contributed by atoms with E-state index in [0.717, 1.165) is 89.9 Å². The minimum atomic E-state index is -0.771. The molecule has 0 heterocycles. The maximum absolute atomic E-state index is 12.7. The number of carbonyl (C=O) groups excluding carboxylic acids is 3. The third-order valence-corrected chi connectivity index (χ3v) is 11.2. The molecule has 58 heavy (non-hydrogen) atoms. The highest BCUT2D eigenvalue weighted by Crippen LogP contribution is 2.16. The molecule has 6 heteroatoms. The molecule has 0 rings (SSSR count). The molecule has 0 saturated carbocycles. The van der Waals surface area contributed by atoms with Crippen molar-refractivity contribution in [1.82, 2.24) is 0 Å². The van der Waals surface area contributed by atoms with Gasteiger partial charge < -0.3 is 14.2 Å². The molecule has 0 amide bonds. The maximum atomic E-state index is 12.7. The molecule has 1 unspecified atom stereocenters. The summed E-state index contributed by atoms with van der Waals surface area (Å²) in [7, 11) is 0. The van der Waals surface area contributed by atoms with Crippen molar-refractivity contribution in [2.24, 2.45) is 0 Å². The van der Waals surface area contributed by atoms with Crippen molar-refractivity contribution in [2.75, 3.05) is 13.2 Å². The fourth-order valence-electron chi connectivity index (χ4n) is 7.36. The second-order valence-electron chi connectivity index (χ2n) is 17.1. The van der Waals surface area contributed by atoms with E-state index in [1.807, 2.05) is 0 Å². The zero-order valence-electron chi connectivity index (χ0n) is 38.8. The van der Waals surface area contributed by atoms with Gasteiger partial charge in [0.2, 0.25) is 0 Å². The Hall–Kier alpha value is -2.11. The molecule has 0 aromatic carbocycles. The van der Waals surface area contributed by atoms with E-state index in [9.17, 15) is 14.4 Å². The first-order valence-electron chi connectivity index (χ1n) is 25.3. The van der Waals surface area contributed by atoms with Gasteiger partial charge in [-0.1, -0.05) is 231 Å². The van der Waals surface area contributed by atoms with Gasteiger partial charge >= 0.3 is 17.9 Å². The van der Waals surface area contributed by atoms with Crippen LogP contribution >= 0.6 is 0 Å². The molecule has 0 bridgehead atoms. The lowest BCUT2D eigenvalue weighted by atomic mass is 10.0. The van der Waals surface area contributed by atoms with E-state index in [1.54, 1.807) is 0 Å². The van der Waals surface area contributed by atoms with Crippen molar-refractivity contribution in [3.8, 4) is 0 Å². The summed E-state index contributed by atoms with van der Waals surface area (Å²) in [5.74, 6) is -0.875. The minimum Gasteiger partial charge on any atom is -0.462 e. The van der Waals surface area contributed by atoms with Crippen LogP contribution in [0.25, 0.3) is 0 Å². The Balaban J connectivity index is 4.33. The number of esters is 3. The summed E-state index contributed by atoms with van der Waals surface area (Å²) in [4.78, 5) is 37.9. The van der Waals surface area contributed by atoms with Gasteiger partial charge in [-0.3, -0.25) is 14.4 Å². The van der Waals surface area contributed by atoms with Crippen LogP contribution in [0.2, 0.25) is 0 Å². The lowest BCUT2D eigenvalue weighted by Gasteiger charge is -2.18. The number of hydrogen-bond acceptors (Lipinski definition) is 6. The lowest BCUT2D eigenvalue weighted by molar-refractivity contribution is -0.167. The van der Waals surface area contributed by atoms with Crippen molar-refractivity contribution in [3.63, 3.8) is 0 Å². The molecule has 0 spiro atoms. The van der Waals surface area contributed by atoms with Gasteiger partial charge in [-0.05, 0) is 44.9 Å². The van der Waals surface area contributed by atoms with Crippen LogP contribution in [0.1, 0.15) is 271 Å². The average molecular weight is 817 g/mol. The topological polar surface area (TPSA) is 78.9 Å². The van der Waals surface area contributed by atoms with Crippen molar-refractivity contribution < 1.29 is 28.6 Å². The fraction of sp³-hybridized carbons (Fsp3) is 0.865. The number of ether oxygens (including phenoxy) is 3. The molecule has 0 fully saturated rings. The number of unbranched alkanes of at least 4 members (excludes halogenated alkanes) is 31. The SMILES string of the molecule is CCC/C=C\C/C=C\CCCCCCCC(=O)OC(COC(=O)CCCCCCCCCCCCC)COC(=O)CCCCCCCCCCCCCCCCCC. The molecule has 1 atom stereocenters. The van der Waals surface area contributed by atoms with Gasteiger partial charge in [0, 0.05) is 19.3 Å². The Bertz CT molecular complexity index is 942. The van der Waals surface area contributed by atoms with Gasteiger partial charge in [0.05, 0.1) is 0 Å². The average Bonchev–Trinajstić information content (AvgIpc) is 3.22.